The standard InChI is InChI=1S/C14H14F2N2O5/c1-2-7-17-14(21)18-11(19)8-22-12(20)9-3-5-10(6-4-9)23-13(15)16/h2-6,13H,1,7-8H2,(H2,17,18,19,21). The minimum Gasteiger partial charge on any atom is -0.452 e. The van der Waals surface area contributed by atoms with Crippen LogP contribution in [0.5, 0.6) is 5.75 Å². The molecule has 2 N–H and O–H groups in total. The van der Waals surface area contributed by atoms with Gasteiger partial charge >= 0.3 is 18.6 Å². The van der Waals surface area contributed by atoms with Crippen molar-refractivity contribution in [2.45, 2.75) is 6.61 Å². The van der Waals surface area contributed by atoms with Gasteiger partial charge in [0.25, 0.3) is 5.91 Å². The molecule has 7 nitrogen and oxygen atoms in total. The number of hydrogen-bond acceptors (Lipinski definition) is 5. The Hall–Kier alpha value is -2.97. The van der Waals surface area contributed by atoms with Gasteiger partial charge < -0.3 is 14.8 Å². The molecule has 0 radical (unpaired) electrons. The highest BCUT2D eigenvalue weighted by molar-refractivity contribution is 5.97. The topological polar surface area (TPSA) is 93.7 Å². The quantitative estimate of drug-likeness (QED) is 0.584. The summed E-state index contributed by atoms with van der Waals surface area (Å²) in [5, 5.41) is 4.23. The predicted octanol–water partition coefficient (Wildman–Crippen LogP) is 1.46. The molecule has 1 aromatic carbocycles. The maximum atomic E-state index is 12.0. The Morgan fingerprint density at radius 2 is 1.87 bits per heavy atom. The average Bonchev–Trinajstić information content (AvgIpc) is 2.50. The largest absolute Gasteiger partial charge is 0.452 e. The van der Waals surface area contributed by atoms with E-state index in [1.54, 1.807) is 0 Å². The lowest BCUT2D eigenvalue weighted by Gasteiger charge is -2.07. The summed E-state index contributed by atoms with van der Waals surface area (Å²) in [6.07, 6.45) is 1.42. The molecule has 0 atom stereocenters. The van der Waals surface area contributed by atoms with Crippen molar-refractivity contribution in [3.63, 3.8) is 0 Å². The van der Waals surface area contributed by atoms with E-state index in [9.17, 15) is 23.2 Å². The molecule has 1 rings (SSSR count). The number of urea groups is 1. The van der Waals surface area contributed by atoms with Gasteiger partial charge in [-0.3, -0.25) is 10.1 Å². The fourth-order valence-corrected chi connectivity index (χ4v) is 1.36. The first-order valence-electron chi connectivity index (χ1n) is 6.33. The van der Waals surface area contributed by atoms with Gasteiger partial charge in [-0.05, 0) is 24.3 Å². The van der Waals surface area contributed by atoms with Crippen LogP contribution < -0.4 is 15.4 Å². The van der Waals surface area contributed by atoms with Crippen LogP contribution in [0, 0.1) is 0 Å². The Morgan fingerprint density at radius 1 is 1.22 bits per heavy atom. The van der Waals surface area contributed by atoms with Crippen LogP contribution in [0.3, 0.4) is 0 Å². The molecule has 0 aromatic heterocycles. The summed E-state index contributed by atoms with van der Waals surface area (Å²) in [6, 6.07) is 3.97. The number of imide groups is 1. The van der Waals surface area contributed by atoms with Crippen LogP contribution in [-0.2, 0) is 9.53 Å². The lowest BCUT2D eigenvalue weighted by atomic mass is 10.2. The van der Waals surface area contributed by atoms with E-state index in [0.29, 0.717) is 0 Å². The van der Waals surface area contributed by atoms with E-state index in [2.05, 4.69) is 21.4 Å². The van der Waals surface area contributed by atoms with Gasteiger partial charge in [0.05, 0.1) is 5.56 Å². The molecular weight excluding hydrogens is 314 g/mol. The second kappa shape index (κ2) is 9.13. The summed E-state index contributed by atoms with van der Waals surface area (Å²) in [7, 11) is 0. The Morgan fingerprint density at radius 3 is 2.43 bits per heavy atom. The van der Waals surface area contributed by atoms with Gasteiger partial charge in [0, 0.05) is 6.54 Å². The first kappa shape index (κ1) is 18.1. The van der Waals surface area contributed by atoms with Crippen LogP contribution in [0.1, 0.15) is 10.4 Å². The number of halogens is 2. The van der Waals surface area contributed by atoms with Crippen molar-refractivity contribution in [2.75, 3.05) is 13.2 Å². The zero-order valence-electron chi connectivity index (χ0n) is 11.9. The number of benzene rings is 1. The van der Waals surface area contributed by atoms with E-state index < -0.39 is 31.1 Å². The SMILES string of the molecule is C=CCNC(=O)NC(=O)COC(=O)c1ccc(OC(F)F)cc1. The molecule has 0 aliphatic rings. The normalized spacial score (nSPS) is 9.87. The van der Waals surface area contributed by atoms with Gasteiger partial charge in [0.2, 0.25) is 0 Å². The molecule has 0 aliphatic heterocycles. The predicted molar refractivity (Wildman–Crippen MR) is 75.1 cm³/mol. The van der Waals surface area contributed by atoms with Crippen molar-refractivity contribution >= 4 is 17.9 Å². The van der Waals surface area contributed by atoms with Gasteiger partial charge in [0.1, 0.15) is 5.75 Å². The molecule has 0 unspecified atom stereocenters. The number of amides is 3. The number of esters is 1. The number of ether oxygens (including phenoxy) is 2. The van der Waals surface area contributed by atoms with Gasteiger partial charge in [-0.2, -0.15) is 8.78 Å². The molecule has 0 saturated heterocycles. The lowest BCUT2D eigenvalue weighted by molar-refractivity contribution is -0.123. The third kappa shape index (κ3) is 7.02. The second-order valence-electron chi connectivity index (χ2n) is 4.03. The van der Waals surface area contributed by atoms with Crippen LogP contribution in [-0.4, -0.2) is 37.7 Å². The first-order chi connectivity index (χ1) is 10.9. The van der Waals surface area contributed by atoms with Gasteiger partial charge in [-0.1, -0.05) is 6.08 Å². The fraction of sp³-hybridized carbons (Fsp3) is 0.214. The van der Waals surface area contributed by atoms with Crippen molar-refractivity contribution in [2.24, 2.45) is 0 Å². The summed E-state index contributed by atoms with van der Waals surface area (Å²) < 4.78 is 32.7. The number of rotatable bonds is 7. The van der Waals surface area contributed by atoms with Crippen molar-refractivity contribution in [1.29, 1.82) is 0 Å². The molecule has 124 valence electrons. The summed E-state index contributed by atoms with van der Waals surface area (Å²) >= 11 is 0. The third-order valence-corrected chi connectivity index (χ3v) is 2.31. The monoisotopic (exact) mass is 328 g/mol. The average molecular weight is 328 g/mol. The first-order valence-corrected chi connectivity index (χ1v) is 6.33. The van der Waals surface area contributed by atoms with Crippen LogP contribution >= 0.6 is 0 Å². The number of hydrogen-bond donors (Lipinski definition) is 2. The molecule has 23 heavy (non-hydrogen) atoms. The molecular formula is C14H14F2N2O5. The lowest BCUT2D eigenvalue weighted by Crippen LogP contribution is -2.41. The number of alkyl halides is 2. The molecule has 0 fully saturated rings. The van der Waals surface area contributed by atoms with Crippen LogP contribution in [0.2, 0.25) is 0 Å². The van der Waals surface area contributed by atoms with E-state index >= 15 is 0 Å². The number of nitrogens with one attached hydrogen (secondary N) is 2. The number of carbonyl (C=O) groups is 3. The smallest absolute Gasteiger partial charge is 0.387 e. The summed E-state index contributed by atoms with van der Waals surface area (Å²) in [6.45, 7) is -0.0877. The Bertz CT molecular complexity index is 575. The van der Waals surface area contributed by atoms with Gasteiger partial charge in [0.15, 0.2) is 6.61 Å². The molecule has 0 bridgehead atoms. The number of carbonyl (C=O) groups excluding carboxylic acids is 3. The van der Waals surface area contributed by atoms with Crippen molar-refractivity contribution < 1.29 is 32.6 Å². The summed E-state index contributed by atoms with van der Waals surface area (Å²) in [4.78, 5) is 34.1. The molecule has 9 heteroatoms. The molecule has 0 spiro atoms. The third-order valence-electron chi connectivity index (χ3n) is 2.31. The molecule has 0 aliphatic carbocycles. The van der Waals surface area contributed by atoms with Crippen LogP contribution in [0.4, 0.5) is 13.6 Å². The van der Waals surface area contributed by atoms with E-state index in [-0.39, 0.29) is 17.9 Å². The van der Waals surface area contributed by atoms with Gasteiger partial charge in [-0.25, -0.2) is 9.59 Å². The zero-order chi connectivity index (χ0) is 17.2. The molecule has 0 saturated carbocycles. The Labute approximate surface area is 130 Å². The Balaban J connectivity index is 2.42. The highest BCUT2D eigenvalue weighted by Gasteiger charge is 2.13. The summed E-state index contributed by atoms with van der Waals surface area (Å²) in [5.74, 6) is -1.79. The van der Waals surface area contributed by atoms with E-state index in [1.807, 2.05) is 5.32 Å². The van der Waals surface area contributed by atoms with Crippen LogP contribution in [0.25, 0.3) is 0 Å². The van der Waals surface area contributed by atoms with Crippen LogP contribution in [0.15, 0.2) is 36.9 Å². The minimum atomic E-state index is -2.97. The van der Waals surface area contributed by atoms with E-state index in [4.69, 9.17) is 0 Å². The molecule has 1 aromatic rings. The van der Waals surface area contributed by atoms with Gasteiger partial charge in [-0.15, -0.1) is 6.58 Å². The highest BCUT2D eigenvalue weighted by atomic mass is 19.3. The fourth-order valence-electron chi connectivity index (χ4n) is 1.36. The Kier molecular flexibility index (Phi) is 7.18. The van der Waals surface area contributed by atoms with Crippen molar-refractivity contribution in [3.8, 4) is 5.75 Å². The van der Waals surface area contributed by atoms with E-state index in [0.717, 1.165) is 12.1 Å². The molecule has 3 amide bonds. The minimum absolute atomic E-state index is 0.0375. The second-order valence-corrected chi connectivity index (χ2v) is 4.03. The summed E-state index contributed by atoms with van der Waals surface area (Å²) in [5.41, 5.74) is 0.0375. The maximum absolute atomic E-state index is 12.0. The van der Waals surface area contributed by atoms with Crippen molar-refractivity contribution in [1.82, 2.24) is 10.6 Å². The highest BCUT2D eigenvalue weighted by Crippen LogP contribution is 2.15. The molecule has 0 heterocycles. The van der Waals surface area contributed by atoms with Crippen molar-refractivity contribution in [3.05, 3.63) is 42.5 Å². The van der Waals surface area contributed by atoms with E-state index in [1.165, 1.54) is 18.2 Å². The zero-order valence-corrected chi connectivity index (χ0v) is 11.9. The maximum Gasteiger partial charge on any atom is 0.387 e.